The van der Waals surface area contributed by atoms with Crippen molar-refractivity contribution in [2.45, 2.75) is 33.1 Å². The molecule has 1 atom stereocenters. The lowest BCUT2D eigenvalue weighted by molar-refractivity contribution is 0.281. The Morgan fingerprint density at radius 3 is 2.33 bits per heavy atom. The predicted octanol–water partition coefficient (Wildman–Crippen LogP) is 5.57. The van der Waals surface area contributed by atoms with Gasteiger partial charge in [-0.2, -0.15) is 0 Å². The molecule has 124 valence electrons. The van der Waals surface area contributed by atoms with Crippen molar-refractivity contribution in [3.63, 3.8) is 0 Å². The van der Waals surface area contributed by atoms with E-state index in [1.165, 1.54) is 45.6 Å². The summed E-state index contributed by atoms with van der Waals surface area (Å²) in [6.45, 7) is 6.51. The molecule has 0 radical (unpaired) electrons. The third-order valence-electron chi connectivity index (χ3n) is 4.82. The van der Waals surface area contributed by atoms with Crippen LogP contribution in [0.3, 0.4) is 0 Å². The van der Waals surface area contributed by atoms with E-state index < -0.39 is 0 Å². The van der Waals surface area contributed by atoms with Crippen LogP contribution in [0.25, 0.3) is 11.1 Å². The van der Waals surface area contributed by atoms with Gasteiger partial charge < -0.3 is 5.11 Å². The summed E-state index contributed by atoms with van der Waals surface area (Å²) in [5.74, 6) is -0.0566. The molecule has 0 fully saturated rings. The number of hydrogen-bond acceptors (Lipinski definition) is 1. The van der Waals surface area contributed by atoms with Crippen molar-refractivity contribution in [3.8, 4) is 0 Å². The van der Waals surface area contributed by atoms with Gasteiger partial charge >= 0.3 is 0 Å². The van der Waals surface area contributed by atoms with Gasteiger partial charge in [-0.3, -0.25) is 0 Å². The lowest BCUT2D eigenvalue weighted by Gasteiger charge is -2.33. The van der Waals surface area contributed by atoms with Crippen LogP contribution in [0, 0.1) is 5.82 Å². The predicted molar refractivity (Wildman–Crippen MR) is 98.1 cm³/mol. The van der Waals surface area contributed by atoms with Crippen LogP contribution in [-0.2, 0) is 0 Å². The summed E-state index contributed by atoms with van der Waals surface area (Å²) < 4.78 is 13.4. The van der Waals surface area contributed by atoms with Crippen molar-refractivity contribution in [1.82, 2.24) is 0 Å². The van der Waals surface area contributed by atoms with E-state index in [0.29, 0.717) is 6.42 Å². The minimum Gasteiger partial charge on any atom is -0.396 e. The fourth-order valence-corrected chi connectivity index (χ4v) is 3.82. The largest absolute Gasteiger partial charge is 0.396 e. The lowest BCUT2D eigenvalue weighted by atomic mass is 9.71. The molecule has 0 bridgehead atoms. The molecule has 1 N–H and O–H groups in total. The lowest BCUT2D eigenvalue weighted by Crippen LogP contribution is -2.15. The number of rotatable bonds is 3. The second kappa shape index (κ2) is 6.74. The maximum atomic E-state index is 13.4. The average molecular weight is 322 g/mol. The summed E-state index contributed by atoms with van der Waals surface area (Å²) in [4.78, 5) is 0. The molecule has 0 saturated carbocycles. The first-order chi connectivity index (χ1) is 11.5. The molecule has 24 heavy (non-hydrogen) atoms. The Kier molecular flexibility index (Phi) is 4.68. The topological polar surface area (TPSA) is 20.2 Å². The molecule has 0 aliphatic heterocycles. The number of hydrogen-bond donors (Lipinski definition) is 1. The Labute approximate surface area is 143 Å². The minimum atomic E-state index is -0.223. The van der Waals surface area contributed by atoms with E-state index in [2.05, 4.69) is 39.0 Å². The number of allylic oxidation sites excluding steroid dienone is 4. The molecule has 0 saturated heterocycles. The molecule has 0 aromatic heterocycles. The van der Waals surface area contributed by atoms with Gasteiger partial charge in [-0.15, -0.1) is 0 Å². The Morgan fingerprint density at radius 1 is 1.04 bits per heavy atom. The van der Waals surface area contributed by atoms with Crippen LogP contribution in [0.15, 0.2) is 59.7 Å². The van der Waals surface area contributed by atoms with Gasteiger partial charge in [0, 0.05) is 12.5 Å². The second-order valence-corrected chi connectivity index (χ2v) is 6.57. The summed E-state index contributed by atoms with van der Waals surface area (Å²) in [7, 11) is 0. The first kappa shape index (κ1) is 16.7. The molecule has 2 aromatic rings. The van der Waals surface area contributed by atoms with Gasteiger partial charge in [-0.25, -0.2) is 4.39 Å². The Bertz CT molecular complexity index is 808. The first-order valence-corrected chi connectivity index (χ1v) is 8.39. The Balaban J connectivity index is 2.31. The van der Waals surface area contributed by atoms with Gasteiger partial charge in [-0.05, 0) is 72.7 Å². The van der Waals surface area contributed by atoms with Crippen molar-refractivity contribution in [1.29, 1.82) is 0 Å². The van der Waals surface area contributed by atoms with Crippen LogP contribution >= 0.6 is 0 Å². The van der Waals surface area contributed by atoms with E-state index in [0.717, 1.165) is 5.56 Å². The molecule has 1 nitrogen and oxygen atoms in total. The average Bonchev–Trinajstić information content (AvgIpc) is 2.58. The summed E-state index contributed by atoms with van der Waals surface area (Å²) in [5.41, 5.74) is 8.40. The number of aliphatic hydroxyl groups is 1. The third kappa shape index (κ3) is 2.83. The maximum Gasteiger partial charge on any atom is 0.123 e. The standard InChI is InChI=1S/C22H23FO/c1-14(2)21-20(12-13-24)19-7-5-4-6-18(19)15(3)22(21)16-8-10-17(23)11-9-16/h4-11,20,24H,12-13H2,1-3H3. The van der Waals surface area contributed by atoms with E-state index in [1.54, 1.807) is 0 Å². The second-order valence-electron chi connectivity index (χ2n) is 6.57. The van der Waals surface area contributed by atoms with E-state index in [-0.39, 0.29) is 18.3 Å². The van der Waals surface area contributed by atoms with Crippen molar-refractivity contribution >= 4 is 11.1 Å². The summed E-state index contributed by atoms with van der Waals surface area (Å²) in [6.07, 6.45) is 0.690. The van der Waals surface area contributed by atoms with E-state index in [4.69, 9.17) is 0 Å². The summed E-state index contributed by atoms with van der Waals surface area (Å²) >= 11 is 0. The van der Waals surface area contributed by atoms with Crippen LogP contribution < -0.4 is 0 Å². The number of benzene rings is 2. The van der Waals surface area contributed by atoms with Gasteiger partial charge in [0.05, 0.1) is 0 Å². The molecule has 0 amide bonds. The normalized spacial score (nSPS) is 17.0. The maximum absolute atomic E-state index is 13.4. The zero-order chi connectivity index (χ0) is 17.3. The highest BCUT2D eigenvalue weighted by molar-refractivity contribution is 6.01. The fraction of sp³-hybridized carbons (Fsp3) is 0.273. The van der Waals surface area contributed by atoms with E-state index in [9.17, 15) is 9.50 Å². The van der Waals surface area contributed by atoms with Crippen LogP contribution in [0.2, 0.25) is 0 Å². The van der Waals surface area contributed by atoms with E-state index >= 15 is 0 Å². The fourth-order valence-electron chi connectivity index (χ4n) is 3.82. The molecule has 1 unspecified atom stereocenters. The van der Waals surface area contributed by atoms with Crippen molar-refractivity contribution in [2.24, 2.45) is 0 Å². The number of halogens is 1. The zero-order valence-corrected chi connectivity index (χ0v) is 14.4. The molecule has 2 heteroatoms. The van der Waals surface area contributed by atoms with Gasteiger partial charge in [0.1, 0.15) is 5.82 Å². The monoisotopic (exact) mass is 322 g/mol. The number of fused-ring (bicyclic) bond motifs is 1. The van der Waals surface area contributed by atoms with Gasteiger partial charge in [0.25, 0.3) is 0 Å². The van der Waals surface area contributed by atoms with Crippen molar-refractivity contribution in [2.75, 3.05) is 6.61 Å². The van der Waals surface area contributed by atoms with Gasteiger partial charge in [-0.1, -0.05) is 42.0 Å². The van der Waals surface area contributed by atoms with Crippen molar-refractivity contribution < 1.29 is 9.50 Å². The quantitative estimate of drug-likeness (QED) is 0.783. The van der Waals surface area contributed by atoms with Gasteiger partial charge in [0.2, 0.25) is 0 Å². The SMILES string of the molecule is CC(C)=C1C(c2ccc(F)cc2)=C(C)c2ccccc2C1CCO. The molecular weight excluding hydrogens is 299 g/mol. The highest BCUT2D eigenvalue weighted by Gasteiger charge is 2.30. The smallest absolute Gasteiger partial charge is 0.123 e. The van der Waals surface area contributed by atoms with Crippen LogP contribution in [0.5, 0.6) is 0 Å². The molecule has 1 aliphatic rings. The molecule has 3 rings (SSSR count). The van der Waals surface area contributed by atoms with Gasteiger partial charge in [0.15, 0.2) is 0 Å². The molecule has 0 spiro atoms. The highest BCUT2D eigenvalue weighted by atomic mass is 19.1. The van der Waals surface area contributed by atoms with E-state index in [1.807, 2.05) is 18.2 Å². The zero-order valence-electron chi connectivity index (χ0n) is 14.4. The highest BCUT2D eigenvalue weighted by Crippen LogP contribution is 2.48. The molecule has 0 heterocycles. The third-order valence-corrected chi connectivity index (χ3v) is 4.82. The summed E-state index contributed by atoms with van der Waals surface area (Å²) in [5, 5.41) is 9.61. The van der Waals surface area contributed by atoms with Crippen LogP contribution in [0.4, 0.5) is 4.39 Å². The summed E-state index contributed by atoms with van der Waals surface area (Å²) in [6, 6.07) is 15.1. The Hall–Kier alpha value is -2.19. The number of aliphatic hydroxyl groups excluding tert-OH is 1. The van der Waals surface area contributed by atoms with Crippen molar-refractivity contribution in [3.05, 3.63) is 82.2 Å². The Morgan fingerprint density at radius 2 is 1.71 bits per heavy atom. The van der Waals surface area contributed by atoms with Crippen LogP contribution in [-0.4, -0.2) is 11.7 Å². The van der Waals surface area contributed by atoms with Crippen LogP contribution in [0.1, 0.15) is 49.8 Å². The first-order valence-electron chi connectivity index (χ1n) is 8.39. The molecular formula is C22H23FO. The molecule has 2 aromatic carbocycles. The minimum absolute atomic E-state index is 0.144. The molecule has 1 aliphatic carbocycles.